The molecule has 0 aliphatic carbocycles. The quantitative estimate of drug-likeness (QED) is 0.584. The molecular formula is C23H28N2O5S. The van der Waals surface area contributed by atoms with Crippen molar-refractivity contribution in [3.63, 3.8) is 0 Å². The van der Waals surface area contributed by atoms with Crippen LogP contribution in [0.3, 0.4) is 0 Å². The first-order valence-electron chi connectivity index (χ1n) is 10.3. The zero-order chi connectivity index (χ0) is 22.3. The average Bonchev–Trinajstić information content (AvgIpc) is 2.77. The minimum atomic E-state index is -3.25. The lowest BCUT2D eigenvalue weighted by atomic mass is 9.98. The van der Waals surface area contributed by atoms with Crippen LogP contribution in [0.4, 0.5) is 0 Å². The fourth-order valence-electron chi connectivity index (χ4n) is 3.61. The van der Waals surface area contributed by atoms with Crippen LogP contribution in [0.1, 0.15) is 24.0 Å². The fraction of sp³-hybridized carbons (Fsp3) is 0.391. The number of rotatable bonds is 8. The summed E-state index contributed by atoms with van der Waals surface area (Å²) in [7, 11) is -3.25. The summed E-state index contributed by atoms with van der Waals surface area (Å²) in [6, 6.07) is 19.3. The van der Waals surface area contributed by atoms with Crippen molar-refractivity contribution in [1.82, 2.24) is 9.21 Å². The van der Waals surface area contributed by atoms with Crippen molar-refractivity contribution in [2.45, 2.75) is 25.9 Å². The van der Waals surface area contributed by atoms with Gasteiger partial charge < -0.3 is 9.64 Å². The second-order valence-electron chi connectivity index (χ2n) is 7.77. The maximum atomic E-state index is 12.9. The van der Waals surface area contributed by atoms with Crippen molar-refractivity contribution < 1.29 is 22.7 Å². The highest BCUT2D eigenvalue weighted by Crippen LogP contribution is 2.20. The molecule has 1 amide bonds. The highest BCUT2D eigenvalue weighted by molar-refractivity contribution is 7.88. The summed E-state index contributed by atoms with van der Waals surface area (Å²) in [6.07, 6.45) is 1.97. The molecule has 1 heterocycles. The molecule has 7 nitrogen and oxygen atoms in total. The van der Waals surface area contributed by atoms with Gasteiger partial charge in [0.15, 0.2) is 6.61 Å². The van der Waals surface area contributed by atoms with Crippen molar-refractivity contribution in [3.05, 3.63) is 71.8 Å². The Labute approximate surface area is 183 Å². The number of carbonyl (C=O) groups is 2. The molecular weight excluding hydrogens is 416 g/mol. The topological polar surface area (TPSA) is 84.0 Å². The first-order chi connectivity index (χ1) is 14.8. The number of nitrogens with zero attached hydrogens (tertiary/aromatic N) is 2. The van der Waals surface area contributed by atoms with E-state index in [0.717, 1.165) is 11.1 Å². The zero-order valence-corrected chi connectivity index (χ0v) is 18.5. The van der Waals surface area contributed by atoms with Crippen molar-refractivity contribution in [2.24, 2.45) is 5.92 Å². The van der Waals surface area contributed by atoms with Gasteiger partial charge in [0.05, 0.1) is 12.2 Å². The number of amides is 1. The van der Waals surface area contributed by atoms with Gasteiger partial charge in [-0.1, -0.05) is 60.7 Å². The van der Waals surface area contributed by atoms with E-state index in [1.54, 1.807) is 4.90 Å². The Morgan fingerprint density at radius 3 is 1.87 bits per heavy atom. The number of piperidine rings is 1. The van der Waals surface area contributed by atoms with Gasteiger partial charge in [-0.2, -0.15) is 0 Å². The molecule has 1 aliphatic heterocycles. The van der Waals surface area contributed by atoms with Gasteiger partial charge in [-0.25, -0.2) is 12.7 Å². The fourth-order valence-corrected chi connectivity index (χ4v) is 4.48. The van der Waals surface area contributed by atoms with Crippen molar-refractivity contribution in [1.29, 1.82) is 0 Å². The second-order valence-corrected chi connectivity index (χ2v) is 9.75. The smallest absolute Gasteiger partial charge is 0.309 e. The maximum absolute atomic E-state index is 12.9. The third-order valence-electron chi connectivity index (χ3n) is 5.38. The summed E-state index contributed by atoms with van der Waals surface area (Å²) in [4.78, 5) is 27.0. The van der Waals surface area contributed by atoms with Gasteiger partial charge in [0.1, 0.15) is 0 Å². The van der Waals surface area contributed by atoms with Gasteiger partial charge in [-0.3, -0.25) is 9.59 Å². The van der Waals surface area contributed by atoms with E-state index in [0.29, 0.717) is 39.0 Å². The SMILES string of the molecule is CS(=O)(=O)N1CCC(C(=O)OCC(=O)N(Cc2ccccc2)Cc2ccccc2)CC1. The lowest BCUT2D eigenvalue weighted by molar-refractivity contribution is -0.157. The molecule has 2 aromatic carbocycles. The maximum Gasteiger partial charge on any atom is 0.309 e. The summed E-state index contributed by atoms with van der Waals surface area (Å²) in [5, 5.41) is 0. The van der Waals surface area contributed by atoms with Gasteiger partial charge in [0, 0.05) is 26.2 Å². The number of carbonyl (C=O) groups excluding carboxylic acids is 2. The monoisotopic (exact) mass is 444 g/mol. The van der Waals surface area contributed by atoms with Gasteiger partial charge >= 0.3 is 5.97 Å². The lowest BCUT2D eigenvalue weighted by Gasteiger charge is -2.29. The Hall–Kier alpha value is -2.71. The molecule has 31 heavy (non-hydrogen) atoms. The minimum absolute atomic E-state index is 0.269. The second kappa shape index (κ2) is 10.5. The third-order valence-corrected chi connectivity index (χ3v) is 6.68. The predicted molar refractivity (Wildman–Crippen MR) is 117 cm³/mol. The lowest BCUT2D eigenvalue weighted by Crippen LogP contribution is -2.40. The van der Waals surface area contributed by atoms with Crippen LogP contribution in [0, 0.1) is 5.92 Å². The summed E-state index contributed by atoms with van der Waals surface area (Å²) in [6.45, 7) is 1.09. The molecule has 166 valence electrons. The van der Waals surface area contributed by atoms with Crippen molar-refractivity contribution >= 4 is 21.9 Å². The molecule has 1 aliphatic rings. The van der Waals surface area contributed by atoms with Gasteiger partial charge in [-0.05, 0) is 24.0 Å². The molecule has 1 saturated heterocycles. The van der Waals surface area contributed by atoms with Gasteiger partial charge in [-0.15, -0.1) is 0 Å². The van der Waals surface area contributed by atoms with Crippen molar-refractivity contribution in [3.8, 4) is 0 Å². The number of hydrogen-bond acceptors (Lipinski definition) is 5. The molecule has 0 saturated carbocycles. The van der Waals surface area contributed by atoms with Gasteiger partial charge in [0.2, 0.25) is 10.0 Å². The number of sulfonamides is 1. The highest BCUT2D eigenvalue weighted by Gasteiger charge is 2.30. The Morgan fingerprint density at radius 1 is 0.935 bits per heavy atom. The number of hydrogen-bond donors (Lipinski definition) is 0. The van der Waals surface area contributed by atoms with E-state index in [4.69, 9.17) is 4.74 Å². The molecule has 3 rings (SSSR count). The molecule has 0 aromatic heterocycles. The zero-order valence-electron chi connectivity index (χ0n) is 17.6. The standard InChI is InChI=1S/C23H28N2O5S/c1-31(28,29)25-14-12-21(13-15-25)23(27)30-18-22(26)24(16-19-8-4-2-5-9-19)17-20-10-6-3-7-11-20/h2-11,21H,12-18H2,1H3. The van der Waals surface area contributed by atoms with Crippen LogP contribution in [0.15, 0.2) is 60.7 Å². The summed E-state index contributed by atoms with van der Waals surface area (Å²) in [5.41, 5.74) is 1.98. The van der Waals surface area contributed by atoms with Crippen LogP contribution in [0.2, 0.25) is 0 Å². The highest BCUT2D eigenvalue weighted by atomic mass is 32.2. The third kappa shape index (κ3) is 6.90. The van der Waals surface area contributed by atoms with Crippen molar-refractivity contribution in [2.75, 3.05) is 26.0 Å². The summed E-state index contributed by atoms with van der Waals surface area (Å²) >= 11 is 0. The van der Waals surface area contributed by atoms with Crippen LogP contribution in [0.25, 0.3) is 0 Å². The van der Waals surface area contributed by atoms with E-state index in [1.165, 1.54) is 10.6 Å². The molecule has 1 fully saturated rings. The van der Waals surface area contributed by atoms with Gasteiger partial charge in [0.25, 0.3) is 5.91 Å². The van der Waals surface area contributed by atoms with E-state index < -0.39 is 16.0 Å². The van der Waals surface area contributed by atoms with E-state index in [-0.39, 0.29) is 18.4 Å². The van der Waals surface area contributed by atoms with E-state index >= 15 is 0 Å². The Kier molecular flexibility index (Phi) is 7.81. The summed E-state index contributed by atoms with van der Waals surface area (Å²) < 4.78 is 29.9. The minimum Gasteiger partial charge on any atom is -0.455 e. The number of esters is 1. The van der Waals surface area contributed by atoms with Crippen LogP contribution in [-0.2, 0) is 37.4 Å². The molecule has 0 unspecified atom stereocenters. The first kappa shape index (κ1) is 23.0. The molecule has 8 heteroatoms. The van der Waals surface area contributed by atoms with E-state index in [1.807, 2.05) is 60.7 Å². The van der Waals surface area contributed by atoms with Crippen LogP contribution in [0.5, 0.6) is 0 Å². The number of benzene rings is 2. The Balaban J connectivity index is 1.57. The van der Waals surface area contributed by atoms with Crippen LogP contribution >= 0.6 is 0 Å². The Bertz CT molecular complexity index is 930. The van der Waals surface area contributed by atoms with E-state index in [2.05, 4.69) is 0 Å². The molecule has 0 spiro atoms. The molecule has 2 aromatic rings. The molecule has 0 N–H and O–H groups in total. The predicted octanol–water partition coefficient (Wildman–Crippen LogP) is 2.43. The molecule has 0 bridgehead atoms. The normalized spacial score (nSPS) is 15.4. The molecule has 0 atom stereocenters. The summed E-state index contributed by atoms with van der Waals surface area (Å²) in [5.74, 6) is -1.10. The van der Waals surface area contributed by atoms with E-state index in [9.17, 15) is 18.0 Å². The van der Waals surface area contributed by atoms with Crippen LogP contribution < -0.4 is 0 Å². The first-order valence-corrected chi connectivity index (χ1v) is 12.1. The number of ether oxygens (including phenoxy) is 1. The average molecular weight is 445 g/mol. The Morgan fingerprint density at radius 2 is 1.42 bits per heavy atom. The molecule has 0 radical (unpaired) electrons. The van der Waals surface area contributed by atoms with Crippen LogP contribution in [-0.4, -0.2) is 55.5 Å². The largest absolute Gasteiger partial charge is 0.455 e.